The molecule has 0 saturated carbocycles. The minimum Gasteiger partial charge on any atom is -0.361 e. The largest absolute Gasteiger partial charge is 0.361 e. The van der Waals surface area contributed by atoms with Crippen molar-refractivity contribution in [2.75, 3.05) is 19.6 Å². The van der Waals surface area contributed by atoms with Gasteiger partial charge in [0.1, 0.15) is 5.76 Å². The van der Waals surface area contributed by atoms with Gasteiger partial charge in [-0.1, -0.05) is 50.2 Å². The Labute approximate surface area is 173 Å². The Bertz CT molecular complexity index is 852. The van der Waals surface area contributed by atoms with Crippen LogP contribution in [0.5, 0.6) is 0 Å². The van der Waals surface area contributed by atoms with Crippen LogP contribution in [0.15, 0.2) is 34.9 Å². The van der Waals surface area contributed by atoms with E-state index in [1.165, 1.54) is 11.1 Å². The lowest BCUT2D eigenvalue weighted by Crippen LogP contribution is -2.42. The van der Waals surface area contributed by atoms with Gasteiger partial charge in [0.15, 0.2) is 0 Å². The van der Waals surface area contributed by atoms with Crippen molar-refractivity contribution in [2.45, 2.75) is 58.4 Å². The molecule has 5 nitrogen and oxygen atoms in total. The summed E-state index contributed by atoms with van der Waals surface area (Å²) >= 11 is 0. The molecule has 29 heavy (non-hydrogen) atoms. The van der Waals surface area contributed by atoms with E-state index in [1.54, 1.807) is 0 Å². The molecule has 1 fully saturated rings. The molecule has 1 aromatic carbocycles. The fraction of sp³-hybridized carbons (Fsp3) is 0.583. The number of piperidine rings is 1. The molecule has 1 aromatic heterocycles. The van der Waals surface area contributed by atoms with Crippen LogP contribution in [-0.4, -0.2) is 35.6 Å². The number of benzene rings is 1. The van der Waals surface area contributed by atoms with Crippen molar-refractivity contribution in [2.24, 2.45) is 11.8 Å². The molecule has 0 spiro atoms. The van der Waals surface area contributed by atoms with Crippen LogP contribution in [-0.2, 0) is 29.6 Å². The summed E-state index contributed by atoms with van der Waals surface area (Å²) in [6.45, 7) is 9.93. The smallest absolute Gasteiger partial charge is 0.223 e. The zero-order valence-corrected chi connectivity index (χ0v) is 17.9. The number of rotatable bonds is 4. The third-order valence-electron chi connectivity index (χ3n) is 6.45. The minimum absolute atomic E-state index is 0.0318. The average molecular weight is 396 g/mol. The van der Waals surface area contributed by atoms with Gasteiger partial charge in [0.2, 0.25) is 5.91 Å². The Hall–Kier alpha value is -2.14. The third-order valence-corrected chi connectivity index (χ3v) is 6.45. The first-order valence-corrected chi connectivity index (χ1v) is 10.9. The molecule has 0 aliphatic carbocycles. The van der Waals surface area contributed by atoms with Crippen molar-refractivity contribution in [3.05, 3.63) is 52.9 Å². The Morgan fingerprint density at radius 3 is 2.79 bits per heavy atom. The van der Waals surface area contributed by atoms with Crippen molar-refractivity contribution >= 4 is 5.91 Å². The summed E-state index contributed by atoms with van der Waals surface area (Å²) in [6, 6.07) is 10.6. The summed E-state index contributed by atoms with van der Waals surface area (Å²) in [5, 5.41) is 7.81. The van der Waals surface area contributed by atoms with Gasteiger partial charge in [0.25, 0.3) is 0 Å². The van der Waals surface area contributed by atoms with Crippen molar-refractivity contribution < 1.29 is 9.32 Å². The molecule has 1 saturated heterocycles. The van der Waals surface area contributed by atoms with E-state index in [0.717, 1.165) is 56.9 Å². The van der Waals surface area contributed by atoms with E-state index in [2.05, 4.69) is 66.5 Å². The van der Waals surface area contributed by atoms with Crippen LogP contribution in [0.4, 0.5) is 0 Å². The van der Waals surface area contributed by atoms with E-state index < -0.39 is 0 Å². The third kappa shape index (κ3) is 4.72. The molecule has 1 N–H and O–H groups in total. The predicted molar refractivity (Wildman–Crippen MR) is 114 cm³/mol. The minimum atomic E-state index is -0.0318. The van der Waals surface area contributed by atoms with Crippen molar-refractivity contribution in [3.8, 4) is 0 Å². The highest BCUT2D eigenvalue weighted by molar-refractivity contribution is 5.76. The SMILES string of the molecule is CC(C)(C)c1cc(C[C@@H]2CNCC[C@H]2CC(=O)N2CCc3ccccc3C2)no1. The van der Waals surface area contributed by atoms with Gasteiger partial charge in [-0.05, 0) is 55.3 Å². The first-order valence-electron chi connectivity index (χ1n) is 10.9. The summed E-state index contributed by atoms with van der Waals surface area (Å²) < 4.78 is 5.57. The molecule has 2 aliphatic heterocycles. The second-order valence-electron chi connectivity index (χ2n) is 9.69. The molecular formula is C24H33N3O2. The molecule has 156 valence electrons. The van der Waals surface area contributed by atoms with Crippen LogP contribution in [0, 0.1) is 11.8 Å². The number of carbonyl (C=O) groups excluding carboxylic acids is 1. The predicted octanol–water partition coefficient (Wildman–Crippen LogP) is 3.72. The van der Waals surface area contributed by atoms with Crippen LogP contribution in [0.3, 0.4) is 0 Å². The monoisotopic (exact) mass is 395 g/mol. The molecule has 1 amide bonds. The van der Waals surface area contributed by atoms with E-state index in [-0.39, 0.29) is 5.41 Å². The van der Waals surface area contributed by atoms with Gasteiger partial charge in [-0.15, -0.1) is 0 Å². The van der Waals surface area contributed by atoms with Gasteiger partial charge in [-0.2, -0.15) is 0 Å². The Balaban J connectivity index is 1.39. The Morgan fingerprint density at radius 1 is 1.24 bits per heavy atom. The highest BCUT2D eigenvalue weighted by atomic mass is 16.5. The first-order chi connectivity index (χ1) is 13.9. The van der Waals surface area contributed by atoms with Crippen molar-refractivity contribution in [3.63, 3.8) is 0 Å². The van der Waals surface area contributed by atoms with E-state index in [4.69, 9.17) is 4.52 Å². The van der Waals surface area contributed by atoms with Gasteiger partial charge in [-0.25, -0.2) is 0 Å². The highest BCUT2D eigenvalue weighted by Gasteiger charge is 2.31. The number of hydrogen-bond donors (Lipinski definition) is 1. The number of nitrogens with one attached hydrogen (secondary N) is 1. The van der Waals surface area contributed by atoms with Crippen molar-refractivity contribution in [1.29, 1.82) is 0 Å². The lowest BCUT2D eigenvalue weighted by Gasteiger charge is -2.34. The highest BCUT2D eigenvalue weighted by Crippen LogP contribution is 2.30. The van der Waals surface area contributed by atoms with E-state index >= 15 is 0 Å². The van der Waals surface area contributed by atoms with Crippen LogP contribution < -0.4 is 5.32 Å². The molecule has 0 radical (unpaired) electrons. The van der Waals surface area contributed by atoms with Gasteiger partial charge in [0.05, 0.1) is 5.69 Å². The number of hydrogen-bond acceptors (Lipinski definition) is 4. The van der Waals surface area contributed by atoms with Crippen LogP contribution >= 0.6 is 0 Å². The fourth-order valence-corrected chi connectivity index (χ4v) is 4.58. The molecule has 3 heterocycles. The maximum atomic E-state index is 13.1. The quantitative estimate of drug-likeness (QED) is 0.857. The topological polar surface area (TPSA) is 58.4 Å². The molecule has 2 aromatic rings. The summed E-state index contributed by atoms with van der Waals surface area (Å²) in [5.74, 6) is 2.04. The number of carbonyl (C=O) groups is 1. The summed E-state index contributed by atoms with van der Waals surface area (Å²) in [4.78, 5) is 15.1. The van der Waals surface area contributed by atoms with Crippen LogP contribution in [0.25, 0.3) is 0 Å². The number of aromatic nitrogens is 1. The molecule has 2 aliphatic rings. The second kappa shape index (κ2) is 8.31. The maximum absolute atomic E-state index is 13.1. The van der Waals surface area contributed by atoms with E-state index in [1.807, 2.05) is 0 Å². The molecule has 0 bridgehead atoms. The zero-order valence-electron chi connectivity index (χ0n) is 17.9. The Kier molecular flexibility index (Phi) is 5.77. The Morgan fingerprint density at radius 2 is 2.03 bits per heavy atom. The van der Waals surface area contributed by atoms with Crippen LogP contribution in [0.1, 0.15) is 56.2 Å². The summed E-state index contributed by atoms with van der Waals surface area (Å²) in [6.07, 6.45) is 3.52. The zero-order chi connectivity index (χ0) is 20.4. The van der Waals surface area contributed by atoms with Crippen molar-refractivity contribution in [1.82, 2.24) is 15.4 Å². The van der Waals surface area contributed by atoms with E-state index in [9.17, 15) is 4.79 Å². The van der Waals surface area contributed by atoms with Gasteiger partial charge in [0, 0.05) is 31.0 Å². The van der Waals surface area contributed by atoms with Gasteiger partial charge < -0.3 is 14.7 Å². The van der Waals surface area contributed by atoms with Gasteiger partial charge in [-0.3, -0.25) is 4.79 Å². The summed E-state index contributed by atoms with van der Waals surface area (Å²) in [7, 11) is 0. The number of fused-ring (bicyclic) bond motifs is 1. The molecule has 2 atom stereocenters. The normalized spacial score (nSPS) is 22.4. The molecular weight excluding hydrogens is 362 g/mol. The first kappa shape index (κ1) is 20.1. The number of amides is 1. The second-order valence-corrected chi connectivity index (χ2v) is 9.69. The number of nitrogens with zero attached hydrogens (tertiary/aromatic N) is 2. The lowest BCUT2D eigenvalue weighted by atomic mass is 9.80. The average Bonchev–Trinajstić information content (AvgIpc) is 3.18. The molecule has 4 rings (SSSR count). The standard InChI is InChI=1S/C24H33N3O2/c1-24(2,3)22-14-21(26-29-22)12-20-15-25-10-8-18(20)13-23(28)27-11-9-17-6-4-5-7-19(17)16-27/h4-7,14,18,20,25H,8-13,15-16H2,1-3H3/t18-,20+/m0/s1. The molecule has 5 heteroatoms. The fourth-order valence-electron chi connectivity index (χ4n) is 4.58. The summed E-state index contributed by atoms with van der Waals surface area (Å²) in [5.41, 5.74) is 3.66. The lowest BCUT2D eigenvalue weighted by molar-refractivity contribution is -0.133. The maximum Gasteiger partial charge on any atom is 0.223 e. The van der Waals surface area contributed by atoms with Crippen LogP contribution in [0.2, 0.25) is 0 Å². The molecule has 0 unspecified atom stereocenters. The van der Waals surface area contributed by atoms with E-state index in [0.29, 0.717) is 24.2 Å². The van der Waals surface area contributed by atoms with Gasteiger partial charge >= 0.3 is 0 Å².